The Morgan fingerprint density at radius 3 is 2.19 bits per heavy atom. The van der Waals surface area contributed by atoms with E-state index in [1.165, 1.54) is 19.2 Å². The standard InChI is InChI=1S/C21H26O8S2/c1-15-9-11-17(12-10-15)31(24,25)20-18(14-28-30(3,22)23)29-21(26-2)19(20)27-13-16-7-5-4-6-8-16/h4-12,18-21H,13-14H2,1-3H3/t18-,19+,20-,21+/m1/s1. The minimum Gasteiger partial charge on any atom is -0.367 e. The second-order valence-corrected chi connectivity index (χ2v) is 11.1. The van der Waals surface area contributed by atoms with Crippen LogP contribution < -0.4 is 0 Å². The molecule has 1 aliphatic heterocycles. The lowest BCUT2D eigenvalue weighted by atomic mass is 10.2. The van der Waals surface area contributed by atoms with Crippen LogP contribution in [0.25, 0.3) is 0 Å². The summed E-state index contributed by atoms with van der Waals surface area (Å²) in [6.45, 7) is 1.51. The summed E-state index contributed by atoms with van der Waals surface area (Å²) in [5.41, 5.74) is 1.75. The molecule has 1 saturated heterocycles. The molecule has 0 aliphatic carbocycles. The van der Waals surface area contributed by atoms with Gasteiger partial charge in [0.1, 0.15) is 17.5 Å². The fraction of sp³-hybridized carbons (Fsp3) is 0.429. The van der Waals surface area contributed by atoms with E-state index >= 15 is 0 Å². The van der Waals surface area contributed by atoms with Crippen LogP contribution in [-0.2, 0) is 45.0 Å². The van der Waals surface area contributed by atoms with Crippen molar-refractivity contribution in [1.29, 1.82) is 0 Å². The summed E-state index contributed by atoms with van der Waals surface area (Å²) >= 11 is 0. The quantitative estimate of drug-likeness (QED) is 0.513. The highest BCUT2D eigenvalue weighted by molar-refractivity contribution is 7.92. The van der Waals surface area contributed by atoms with Gasteiger partial charge in [-0.3, -0.25) is 4.18 Å². The van der Waals surface area contributed by atoms with Gasteiger partial charge in [0.05, 0.1) is 24.4 Å². The Bertz CT molecular complexity index is 1070. The third-order valence-electron chi connectivity index (χ3n) is 4.94. The summed E-state index contributed by atoms with van der Waals surface area (Å²) in [7, 11) is -6.40. The van der Waals surface area contributed by atoms with Gasteiger partial charge in [-0.1, -0.05) is 48.0 Å². The molecule has 0 saturated carbocycles. The van der Waals surface area contributed by atoms with E-state index in [1.807, 2.05) is 37.3 Å². The molecule has 0 amide bonds. The number of aryl methyl sites for hydroxylation is 1. The first kappa shape index (κ1) is 23.8. The molecule has 31 heavy (non-hydrogen) atoms. The van der Waals surface area contributed by atoms with Crippen LogP contribution in [0.15, 0.2) is 59.5 Å². The maximum Gasteiger partial charge on any atom is 0.264 e. The fourth-order valence-corrected chi connectivity index (χ4v) is 5.72. The fourth-order valence-electron chi connectivity index (χ4n) is 3.41. The van der Waals surface area contributed by atoms with Gasteiger partial charge in [0.2, 0.25) is 0 Å². The second kappa shape index (κ2) is 9.76. The normalized spacial score (nSPS) is 24.4. The Labute approximate surface area is 183 Å². The van der Waals surface area contributed by atoms with Crippen molar-refractivity contribution in [3.8, 4) is 0 Å². The lowest BCUT2D eigenvalue weighted by molar-refractivity contribution is -0.166. The summed E-state index contributed by atoms with van der Waals surface area (Å²) < 4.78 is 72.0. The van der Waals surface area contributed by atoms with Crippen molar-refractivity contribution in [2.75, 3.05) is 20.0 Å². The lowest BCUT2D eigenvalue weighted by Gasteiger charge is -2.24. The first-order valence-corrected chi connectivity index (χ1v) is 13.0. The summed E-state index contributed by atoms with van der Waals surface area (Å²) in [5, 5.41) is -1.23. The molecule has 170 valence electrons. The van der Waals surface area contributed by atoms with E-state index in [0.717, 1.165) is 17.4 Å². The van der Waals surface area contributed by atoms with Gasteiger partial charge < -0.3 is 14.2 Å². The molecular weight excluding hydrogens is 444 g/mol. The molecule has 0 unspecified atom stereocenters. The van der Waals surface area contributed by atoms with Crippen molar-refractivity contribution in [2.45, 2.75) is 42.2 Å². The van der Waals surface area contributed by atoms with Crippen LogP contribution in [0.2, 0.25) is 0 Å². The SMILES string of the molecule is CO[C@H]1O[C@H](COS(C)(=O)=O)[C@@H](S(=O)(=O)c2ccc(C)cc2)[C@@H]1OCc1ccccc1. The molecular formula is C21H26O8S2. The zero-order valence-electron chi connectivity index (χ0n) is 17.5. The molecule has 0 spiro atoms. The molecule has 0 N–H and O–H groups in total. The zero-order chi connectivity index (χ0) is 22.6. The van der Waals surface area contributed by atoms with Crippen LogP contribution in [0.4, 0.5) is 0 Å². The predicted molar refractivity (Wildman–Crippen MR) is 114 cm³/mol. The van der Waals surface area contributed by atoms with Crippen molar-refractivity contribution < 1.29 is 35.2 Å². The van der Waals surface area contributed by atoms with Crippen molar-refractivity contribution in [1.82, 2.24) is 0 Å². The number of methoxy groups -OCH3 is 1. The molecule has 4 atom stereocenters. The van der Waals surface area contributed by atoms with Crippen LogP contribution in [-0.4, -0.2) is 60.6 Å². The summed E-state index contributed by atoms with van der Waals surface area (Å²) in [6.07, 6.45) is -2.22. The molecule has 1 heterocycles. The first-order valence-electron chi connectivity index (χ1n) is 9.60. The summed E-state index contributed by atoms with van der Waals surface area (Å²) in [5.74, 6) is 0. The van der Waals surface area contributed by atoms with Crippen LogP contribution in [0, 0.1) is 6.92 Å². The summed E-state index contributed by atoms with van der Waals surface area (Å²) in [4.78, 5) is 0.0844. The van der Waals surface area contributed by atoms with E-state index in [1.54, 1.807) is 12.1 Å². The highest BCUT2D eigenvalue weighted by Gasteiger charge is 2.53. The van der Waals surface area contributed by atoms with Crippen molar-refractivity contribution in [2.24, 2.45) is 0 Å². The number of hydrogen-bond acceptors (Lipinski definition) is 8. The van der Waals surface area contributed by atoms with Gasteiger partial charge in [-0.15, -0.1) is 0 Å². The van der Waals surface area contributed by atoms with Crippen LogP contribution in [0.5, 0.6) is 0 Å². The number of hydrogen-bond donors (Lipinski definition) is 0. The summed E-state index contributed by atoms with van der Waals surface area (Å²) in [6, 6.07) is 15.7. The van der Waals surface area contributed by atoms with Crippen LogP contribution in [0.1, 0.15) is 11.1 Å². The molecule has 1 fully saturated rings. The van der Waals surface area contributed by atoms with E-state index in [4.69, 9.17) is 18.4 Å². The largest absolute Gasteiger partial charge is 0.367 e. The smallest absolute Gasteiger partial charge is 0.264 e. The van der Waals surface area contributed by atoms with Crippen molar-refractivity contribution >= 4 is 20.0 Å². The van der Waals surface area contributed by atoms with E-state index in [2.05, 4.69) is 0 Å². The third-order valence-corrected chi connectivity index (χ3v) is 7.72. The molecule has 0 bridgehead atoms. The lowest BCUT2D eigenvalue weighted by Crippen LogP contribution is -2.43. The minimum absolute atomic E-state index is 0.0844. The number of sulfone groups is 1. The Morgan fingerprint density at radius 2 is 1.61 bits per heavy atom. The Morgan fingerprint density at radius 1 is 0.968 bits per heavy atom. The van der Waals surface area contributed by atoms with E-state index in [9.17, 15) is 16.8 Å². The average molecular weight is 471 g/mol. The molecule has 0 radical (unpaired) electrons. The van der Waals surface area contributed by atoms with E-state index < -0.39 is 50.3 Å². The van der Waals surface area contributed by atoms with Gasteiger partial charge in [0, 0.05) is 7.11 Å². The van der Waals surface area contributed by atoms with Gasteiger partial charge in [0.15, 0.2) is 16.1 Å². The second-order valence-electron chi connectivity index (χ2n) is 7.35. The number of benzene rings is 2. The van der Waals surface area contributed by atoms with E-state index in [-0.39, 0.29) is 11.5 Å². The first-order chi connectivity index (χ1) is 14.6. The highest BCUT2D eigenvalue weighted by atomic mass is 32.2. The molecule has 2 aromatic carbocycles. The monoisotopic (exact) mass is 470 g/mol. The Hall–Kier alpha value is -1.82. The predicted octanol–water partition coefficient (Wildman–Crippen LogP) is 2.07. The highest BCUT2D eigenvalue weighted by Crippen LogP contribution is 2.34. The number of ether oxygens (including phenoxy) is 3. The zero-order valence-corrected chi connectivity index (χ0v) is 19.1. The minimum atomic E-state index is -3.97. The maximum atomic E-state index is 13.5. The van der Waals surface area contributed by atoms with Gasteiger partial charge >= 0.3 is 0 Å². The van der Waals surface area contributed by atoms with Gasteiger partial charge in [-0.2, -0.15) is 8.42 Å². The molecule has 8 nitrogen and oxygen atoms in total. The van der Waals surface area contributed by atoms with E-state index in [0.29, 0.717) is 0 Å². The van der Waals surface area contributed by atoms with Gasteiger partial charge in [-0.25, -0.2) is 8.42 Å². The molecule has 2 aromatic rings. The van der Waals surface area contributed by atoms with Crippen LogP contribution in [0.3, 0.4) is 0 Å². The molecule has 0 aromatic heterocycles. The van der Waals surface area contributed by atoms with Crippen molar-refractivity contribution in [3.63, 3.8) is 0 Å². The maximum absolute atomic E-state index is 13.5. The molecule has 10 heteroatoms. The Balaban J connectivity index is 1.95. The Kier molecular flexibility index (Phi) is 7.51. The molecule has 3 rings (SSSR count). The average Bonchev–Trinajstić information content (AvgIpc) is 3.10. The topological polar surface area (TPSA) is 105 Å². The molecule has 1 aliphatic rings. The third kappa shape index (κ3) is 5.91. The van der Waals surface area contributed by atoms with Gasteiger partial charge in [0.25, 0.3) is 10.1 Å². The van der Waals surface area contributed by atoms with Gasteiger partial charge in [-0.05, 0) is 24.6 Å². The van der Waals surface area contributed by atoms with Crippen LogP contribution >= 0.6 is 0 Å². The van der Waals surface area contributed by atoms with Crippen molar-refractivity contribution in [3.05, 3.63) is 65.7 Å². The number of rotatable bonds is 9.